The van der Waals surface area contributed by atoms with Gasteiger partial charge in [-0.1, -0.05) is 84.9 Å². The predicted molar refractivity (Wildman–Crippen MR) is 244 cm³/mol. The minimum atomic E-state index is -3.56. The van der Waals surface area contributed by atoms with Crippen LogP contribution in [-0.2, 0) is 32.2 Å². The van der Waals surface area contributed by atoms with E-state index in [9.17, 15) is 8.42 Å². The highest BCUT2D eigenvalue weighted by Crippen LogP contribution is 2.20. The molecule has 6 heterocycles. The fraction of sp³-hybridized carbons (Fsp3) is 0.256. The van der Waals surface area contributed by atoms with Gasteiger partial charge < -0.3 is 42.6 Å². The number of nitrogens with one attached hydrogen (secondary N) is 3. The summed E-state index contributed by atoms with van der Waals surface area (Å²) < 4.78 is 35.9. The van der Waals surface area contributed by atoms with Crippen LogP contribution in [0.25, 0.3) is 34.3 Å². The van der Waals surface area contributed by atoms with Crippen molar-refractivity contribution in [2.45, 2.75) is 30.1 Å². The minimum absolute atomic E-state index is 0.0786. The molecule has 8 aromatic rings. The van der Waals surface area contributed by atoms with E-state index in [4.69, 9.17) is 26.7 Å². The van der Waals surface area contributed by atoms with Crippen molar-refractivity contribution in [3.63, 3.8) is 0 Å². The van der Waals surface area contributed by atoms with Gasteiger partial charge in [-0.15, -0.1) is 10.2 Å². The Kier molecular flexibility index (Phi) is 13.4. The maximum Gasteiger partial charge on any atom is 0.259 e. The first-order valence-electron chi connectivity index (χ1n) is 20.5. The molecule has 2 fully saturated rings. The lowest BCUT2D eigenvalue weighted by molar-refractivity contribution is 0.0211. The second kappa shape index (κ2) is 19.8. The van der Waals surface area contributed by atoms with Gasteiger partial charge in [-0.3, -0.25) is 0 Å². The Morgan fingerprint density at radius 2 is 1.08 bits per heavy atom. The lowest BCUT2D eigenvalue weighted by Gasteiger charge is -2.27. The average molecular weight is 885 g/mol. The molecule has 2 aliphatic rings. The molecule has 0 atom stereocenters. The van der Waals surface area contributed by atoms with Gasteiger partial charge in [0.05, 0.1) is 38.5 Å². The number of ether oxygens (including phenoxy) is 2. The zero-order valence-electron chi connectivity index (χ0n) is 34.9. The highest BCUT2D eigenvalue weighted by Gasteiger charge is 2.20. The zero-order valence-corrected chi connectivity index (χ0v) is 35.8. The number of sulfone groups is 1. The fourth-order valence-electron chi connectivity index (χ4n) is 6.39. The van der Waals surface area contributed by atoms with Crippen molar-refractivity contribution in [3.8, 4) is 22.8 Å². The number of hydrogen-bond donors (Lipinski definition) is 6. The number of nitrogens with zero attached hydrogens (tertiary/aromatic N) is 10. The van der Waals surface area contributed by atoms with Crippen LogP contribution in [-0.4, -0.2) is 115 Å². The maximum atomic E-state index is 11.5. The molecule has 9 N–H and O–H groups in total. The standard InChI is InChI=1S/C21H22N8O.C11H10N6O2S.C11H16N2O/c22-19-26-20(27-21-25-18(28-29(19)21)15-4-2-1-3-5-15)23-11-10-14-6-8-16(9-7-14)24-17-12-30-13-17;1-20(18,19)11-14-9(12)17-10(15-11)13-8(16-17)7-5-3-2-4-6-7;12-6-5-9-1-3-10(4-2-9)13-11-7-14-8-11/h1-9,17,24H,10-13H2,(H3,22,23,25,26,27,28);2-6H,1H3,(H2,12,13,14,15,16);1-4,11,13H,5-8,12H2. The van der Waals surface area contributed by atoms with E-state index in [-0.39, 0.29) is 22.8 Å². The summed E-state index contributed by atoms with van der Waals surface area (Å²) in [5, 5.41) is 18.3. The summed E-state index contributed by atoms with van der Waals surface area (Å²) in [4.78, 5) is 25.0. The van der Waals surface area contributed by atoms with E-state index in [0.717, 1.165) is 62.3 Å². The third-order valence-electron chi connectivity index (χ3n) is 9.90. The Bertz CT molecular complexity index is 2890. The van der Waals surface area contributed by atoms with Crippen molar-refractivity contribution < 1.29 is 17.9 Å². The molecule has 21 heteroatoms. The van der Waals surface area contributed by atoms with E-state index in [2.05, 4.69) is 105 Å². The fourth-order valence-corrected chi connectivity index (χ4v) is 6.89. The number of aromatic nitrogens is 10. The first-order valence-corrected chi connectivity index (χ1v) is 22.4. The lowest BCUT2D eigenvalue weighted by Crippen LogP contribution is -2.40. The Hall–Kier alpha value is -7.33. The molecule has 2 aliphatic heterocycles. The highest BCUT2D eigenvalue weighted by molar-refractivity contribution is 7.90. The number of benzene rings is 4. The van der Waals surface area contributed by atoms with Gasteiger partial charge in [0.1, 0.15) is 0 Å². The lowest BCUT2D eigenvalue weighted by atomic mass is 10.1. The number of anilines is 5. The third-order valence-corrected chi connectivity index (χ3v) is 10.7. The largest absolute Gasteiger partial charge is 0.378 e. The number of hydrogen-bond acceptors (Lipinski definition) is 18. The summed E-state index contributed by atoms with van der Waals surface area (Å²) in [6, 6.07) is 36.7. The second-order valence-corrected chi connectivity index (χ2v) is 16.8. The van der Waals surface area contributed by atoms with Crippen molar-refractivity contribution in [2.75, 3.05) is 73.2 Å². The molecule has 64 heavy (non-hydrogen) atoms. The normalized spacial score (nSPS) is 13.8. The Morgan fingerprint density at radius 3 is 1.53 bits per heavy atom. The topological polar surface area (TPSA) is 279 Å². The summed E-state index contributed by atoms with van der Waals surface area (Å²) in [5.74, 6) is 2.08. The Labute approximate surface area is 368 Å². The van der Waals surface area contributed by atoms with E-state index in [1.54, 1.807) is 0 Å². The van der Waals surface area contributed by atoms with Crippen molar-refractivity contribution in [1.82, 2.24) is 49.1 Å². The van der Waals surface area contributed by atoms with Crippen LogP contribution in [0.5, 0.6) is 0 Å². The molecule has 0 saturated carbocycles. The van der Waals surface area contributed by atoms with Crippen LogP contribution >= 0.6 is 0 Å². The molecule has 0 bridgehead atoms. The van der Waals surface area contributed by atoms with Gasteiger partial charge in [0.2, 0.25) is 27.7 Å². The highest BCUT2D eigenvalue weighted by atomic mass is 32.2. The summed E-state index contributed by atoms with van der Waals surface area (Å²) in [6.07, 6.45) is 2.79. The number of nitrogens with two attached hydrogens (primary N) is 3. The maximum absolute atomic E-state index is 11.5. The van der Waals surface area contributed by atoms with E-state index in [1.807, 2.05) is 60.7 Å². The third kappa shape index (κ3) is 11.0. The van der Waals surface area contributed by atoms with Crippen LogP contribution < -0.4 is 33.2 Å². The van der Waals surface area contributed by atoms with Crippen LogP contribution in [0.3, 0.4) is 0 Å². The van der Waals surface area contributed by atoms with Gasteiger partial charge in [-0.05, 0) is 54.8 Å². The summed E-state index contributed by atoms with van der Waals surface area (Å²) >= 11 is 0. The molecule has 0 spiro atoms. The molecule has 20 nitrogen and oxygen atoms in total. The van der Waals surface area contributed by atoms with Crippen LogP contribution in [0, 0.1) is 0 Å². The molecule has 4 aromatic heterocycles. The average Bonchev–Trinajstić information content (AvgIpc) is 3.92. The molecular weight excluding hydrogens is 837 g/mol. The summed E-state index contributed by atoms with van der Waals surface area (Å²) in [6.45, 7) is 4.59. The molecule has 0 aliphatic carbocycles. The number of nitrogen functional groups attached to an aromatic ring is 2. The quantitative estimate of drug-likeness (QED) is 0.0968. The van der Waals surface area contributed by atoms with Gasteiger partial charge in [-0.25, -0.2) is 8.42 Å². The van der Waals surface area contributed by atoms with Crippen molar-refractivity contribution in [3.05, 3.63) is 120 Å². The Morgan fingerprint density at radius 1 is 0.609 bits per heavy atom. The number of fused-ring (bicyclic) bond motifs is 2. The van der Waals surface area contributed by atoms with Gasteiger partial charge in [0.25, 0.3) is 16.7 Å². The monoisotopic (exact) mass is 884 g/mol. The predicted octanol–water partition coefficient (Wildman–Crippen LogP) is 3.40. The van der Waals surface area contributed by atoms with E-state index >= 15 is 0 Å². The van der Waals surface area contributed by atoms with Crippen molar-refractivity contribution in [2.24, 2.45) is 5.73 Å². The van der Waals surface area contributed by atoms with Gasteiger partial charge >= 0.3 is 0 Å². The first kappa shape index (κ1) is 43.3. The van der Waals surface area contributed by atoms with Crippen LogP contribution in [0.2, 0.25) is 0 Å². The zero-order chi connectivity index (χ0) is 44.5. The van der Waals surface area contributed by atoms with Gasteiger partial charge in [0.15, 0.2) is 11.6 Å². The molecule has 10 rings (SSSR count). The molecule has 0 unspecified atom stereocenters. The number of rotatable bonds is 13. The van der Waals surface area contributed by atoms with E-state index in [0.29, 0.717) is 48.5 Å². The summed E-state index contributed by atoms with van der Waals surface area (Å²) in [7, 11) is -3.56. The second-order valence-electron chi connectivity index (χ2n) is 14.9. The molecule has 4 aromatic carbocycles. The molecular formula is C43H48N16O4S. The minimum Gasteiger partial charge on any atom is -0.378 e. The summed E-state index contributed by atoms with van der Waals surface area (Å²) in [5.41, 5.74) is 23.7. The Balaban J connectivity index is 0.000000142. The van der Waals surface area contributed by atoms with Crippen LogP contribution in [0.4, 0.5) is 29.2 Å². The first-order chi connectivity index (χ1) is 31.1. The van der Waals surface area contributed by atoms with Gasteiger partial charge in [0, 0.05) is 35.3 Å². The molecule has 0 amide bonds. The smallest absolute Gasteiger partial charge is 0.259 e. The molecule has 330 valence electrons. The van der Waals surface area contributed by atoms with Crippen molar-refractivity contribution in [1.29, 1.82) is 0 Å². The van der Waals surface area contributed by atoms with Crippen molar-refractivity contribution >= 4 is 50.6 Å². The molecule has 2 saturated heterocycles. The molecule has 0 radical (unpaired) electrons. The van der Waals surface area contributed by atoms with Gasteiger partial charge in [-0.2, -0.15) is 38.9 Å². The van der Waals surface area contributed by atoms with E-state index in [1.165, 1.54) is 25.8 Å². The van der Waals surface area contributed by atoms with Crippen LogP contribution in [0.15, 0.2) is 114 Å². The van der Waals surface area contributed by atoms with E-state index < -0.39 is 9.84 Å². The SMILES string of the molecule is CS(=O)(=O)c1nc(N)n2nc(-c3ccccc3)nc2n1.NCCc1ccc(NC2COC2)cc1.Nc1nc(NCCc2ccc(NC3COC3)cc2)nc2nc(-c3ccccc3)nn12. The van der Waals surface area contributed by atoms with Crippen LogP contribution in [0.1, 0.15) is 11.1 Å².